The number of piperazine rings is 1. The Kier molecular flexibility index (Phi) is 4.66. The monoisotopic (exact) mass is 422 g/mol. The summed E-state index contributed by atoms with van der Waals surface area (Å²) in [6.07, 6.45) is 5.07. The zero-order valence-electron chi connectivity index (χ0n) is 16.3. The predicted molar refractivity (Wildman–Crippen MR) is 114 cm³/mol. The van der Waals surface area contributed by atoms with Gasteiger partial charge in [-0.2, -0.15) is 5.10 Å². The van der Waals surface area contributed by atoms with Gasteiger partial charge in [0.15, 0.2) is 0 Å². The van der Waals surface area contributed by atoms with Crippen LogP contribution < -0.4 is 4.90 Å². The summed E-state index contributed by atoms with van der Waals surface area (Å²) in [4.78, 5) is 27.2. The molecule has 7 nitrogen and oxygen atoms in total. The van der Waals surface area contributed by atoms with Crippen LogP contribution in [-0.4, -0.2) is 56.7 Å². The van der Waals surface area contributed by atoms with Crippen LogP contribution in [-0.2, 0) is 0 Å². The minimum atomic E-state index is -0.290. The molecular weight excluding hydrogens is 403 g/mol. The molecule has 9 heteroatoms. The van der Waals surface area contributed by atoms with Crippen LogP contribution >= 0.6 is 11.3 Å². The Hall–Kier alpha value is -3.33. The lowest BCUT2D eigenvalue weighted by Crippen LogP contribution is -2.48. The van der Waals surface area contributed by atoms with Crippen LogP contribution in [0.1, 0.15) is 15.4 Å². The number of thiophene rings is 1. The van der Waals surface area contributed by atoms with Crippen molar-refractivity contribution in [2.45, 2.75) is 6.92 Å². The van der Waals surface area contributed by atoms with E-state index in [0.29, 0.717) is 18.0 Å². The first-order chi connectivity index (χ1) is 14.6. The van der Waals surface area contributed by atoms with Crippen molar-refractivity contribution in [2.24, 2.45) is 0 Å². The summed E-state index contributed by atoms with van der Waals surface area (Å²) in [5.74, 6) is 0.572. The lowest BCUT2D eigenvalue weighted by Gasteiger charge is -2.35. The first kappa shape index (κ1) is 18.7. The van der Waals surface area contributed by atoms with Gasteiger partial charge >= 0.3 is 0 Å². The third-order valence-electron chi connectivity index (χ3n) is 5.27. The number of aryl methyl sites for hydroxylation is 1. The molecule has 0 unspecified atom stereocenters. The second kappa shape index (κ2) is 7.49. The van der Waals surface area contributed by atoms with Crippen molar-refractivity contribution >= 4 is 33.3 Å². The zero-order chi connectivity index (χ0) is 20.7. The van der Waals surface area contributed by atoms with Crippen molar-refractivity contribution in [1.29, 1.82) is 0 Å². The lowest BCUT2D eigenvalue weighted by molar-refractivity contribution is 0.0751. The van der Waals surface area contributed by atoms with Gasteiger partial charge in [0, 0.05) is 44.0 Å². The smallest absolute Gasteiger partial charge is 0.264 e. The van der Waals surface area contributed by atoms with Gasteiger partial charge < -0.3 is 9.80 Å². The zero-order valence-corrected chi connectivity index (χ0v) is 17.1. The van der Waals surface area contributed by atoms with Gasteiger partial charge in [0.2, 0.25) is 0 Å². The summed E-state index contributed by atoms with van der Waals surface area (Å²) in [7, 11) is 0. The largest absolute Gasteiger partial charge is 0.352 e. The van der Waals surface area contributed by atoms with Gasteiger partial charge in [-0.25, -0.2) is 14.1 Å². The average molecular weight is 422 g/mol. The molecule has 0 atom stereocenters. The van der Waals surface area contributed by atoms with Crippen LogP contribution in [0.2, 0.25) is 0 Å². The molecule has 5 rings (SSSR count). The molecule has 0 aliphatic carbocycles. The molecule has 1 saturated heterocycles. The molecule has 0 bridgehead atoms. The molecule has 1 amide bonds. The third kappa shape index (κ3) is 3.30. The maximum absolute atomic E-state index is 13.3. The van der Waals surface area contributed by atoms with Gasteiger partial charge in [-0.15, -0.1) is 11.3 Å². The van der Waals surface area contributed by atoms with E-state index in [4.69, 9.17) is 0 Å². The predicted octanol–water partition coefficient (Wildman–Crippen LogP) is 3.29. The van der Waals surface area contributed by atoms with Crippen molar-refractivity contribution in [3.63, 3.8) is 0 Å². The molecule has 1 aliphatic heterocycles. The van der Waals surface area contributed by atoms with E-state index in [0.717, 1.165) is 40.5 Å². The van der Waals surface area contributed by atoms with E-state index in [-0.39, 0.29) is 11.7 Å². The summed E-state index contributed by atoms with van der Waals surface area (Å²) in [5.41, 5.74) is 1.62. The number of fused-ring (bicyclic) bond motifs is 1. The number of hydrogen-bond donors (Lipinski definition) is 0. The summed E-state index contributed by atoms with van der Waals surface area (Å²) >= 11 is 1.42. The number of anilines is 1. The standard InChI is InChI=1S/C21H19FN6OS/c1-14-17-12-18(30-21(17)28(25-14)16-4-2-15(22)3-5-16)20(29)27-10-8-26(9-11-27)19-13-23-6-7-24-19/h2-7,12-13H,8-11H2,1H3. The van der Waals surface area contributed by atoms with Crippen molar-refractivity contribution in [1.82, 2.24) is 24.6 Å². The normalized spacial score (nSPS) is 14.5. The van der Waals surface area contributed by atoms with Gasteiger partial charge in [0.1, 0.15) is 16.5 Å². The Morgan fingerprint density at radius 3 is 2.57 bits per heavy atom. The summed E-state index contributed by atoms with van der Waals surface area (Å²) < 4.78 is 15.1. The van der Waals surface area contributed by atoms with Gasteiger partial charge in [0.25, 0.3) is 5.91 Å². The summed E-state index contributed by atoms with van der Waals surface area (Å²) in [5, 5.41) is 5.52. The quantitative estimate of drug-likeness (QED) is 0.507. The molecule has 4 heterocycles. The van der Waals surface area contributed by atoms with Gasteiger partial charge in [-0.05, 0) is 37.3 Å². The minimum absolute atomic E-state index is 0.0278. The number of aromatic nitrogens is 4. The Morgan fingerprint density at radius 2 is 1.87 bits per heavy atom. The topological polar surface area (TPSA) is 67.2 Å². The van der Waals surface area contributed by atoms with Crippen LogP contribution in [0.5, 0.6) is 0 Å². The highest BCUT2D eigenvalue weighted by molar-refractivity contribution is 7.20. The number of amides is 1. The highest BCUT2D eigenvalue weighted by atomic mass is 32.1. The molecule has 1 aromatic carbocycles. The lowest BCUT2D eigenvalue weighted by atomic mass is 10.2. The number of nitrogens with zero attached hydrogens (tertiary/aromatic N) is 6. The highest BCUT2D eigenvalue weighted by Gasteiger charge is 2.25. The second-order valence-electron chi connectivity index (χ2n) is 7.15. The van der Waals surface area contributed by atoms with Crippen LogP contribution in [0.4, 0.5) is 10.2 Å². The Labute approximate surface area is 176 Å². The van der Waals surface area contributed by atoms with Crippen molar-refractivity contribution in [3.05, 3.63) is 65.3 Å². The first-order valence-electron chi connectivity index (χ1n) is 9.65. The number of rotatable bonds is 3. The molecule has 1 aliphatic rings. The number of carbonyl (C=O) groups is 1. The molecule has 152 valence electrons. The molecule has 1 fully saturated rings. The SMILES string of the molecule is Cc1nn(-c2ccc(F)cc2)c2sc(C(=O)N3CCN(c4cnccn4)CC3)cc12. The second-order valence-corrected chi connectivity index (χ2v) is 8.18. The van der Waals surface area contributed by atoms with E-state index in [1.54, 1.807) is 35.4 Å². The van der Waals surface area contributed by atoms with Crippen molar-refractivity contribution in [2.75, 3.05) is 31.1 Å². The molecule has 30 heavy (non-hydrogen) atoms. The first-order valence-corrected chi connectivity index (χ1v) is 10.5. The molecule has 0 spiro atoms. The fourth-order valence-corrected chi connectivity index (χ4v) is 4.81. The van der Waals surface area contributed by atoms with Crippen LogP contribution in [0.15, 0.2) is 48.9 Å². The van der Waals surface area contributed by atoms with Crippen LogP contribution in [0.25, 0.3) is 15.9 Å². The maximum Gasteiger partial charge on any atom is 0.264 e. The fourth-order valence-electron chi connectivity index (χ4n) is 3.66. The van der Waals surface area contributed by atoms with E-state index in [9.17, 15) is 9.18 Å². The molecule has 0 radical (unpaired) electrons. The Bertz CT molecular complexity index is 1200. The molecule has 0 N–H and O–H groups in total. The van der Waals surface area contributed by atoms with E-state index in [1.165, 1.54) is 23.5 Å². The van der Waals surface area contributed by atoms with E-state index >= 15 is 0 Å². The number of benzene rings is 1. The summed E-state index contributed by atoms with van der Waals surface area (Å²) in [6.45, 7) is 4.62. The number of hydrogen-bond acceptors (Lipinski definition) is 6. The molecule has 0 saturated carbocycles. The number of halogens is 1. The van der Waals surface area contributed by atoms with E-state index in [2.05, 4.69) is 20.0 Å². The minimum Gasteiger partial charge on any atom is -0.352 e. The van der Waals surface area contributed by atoms with E-state index in [1.807, 2.05) is 17.9 Å². The van der Waals surface area contributed by atoms with Crippen molar-refractivity contribution < 1.29 is 9.18 Å². The Balaban J connectivity index is 1.37. The van der Waals surface area contributed by atoms with E-state index < -0.39 is 0 Å². The summed E-state index contributed by atoms with van der Waals surface area (Å²) in [6, 6.07) is 8.12. The van der Waals surface area contributed by atoms with Crippen LogP contribution in [0, 0.1) is 12.7 Å². The fraction of sp³-hybridized carbons (Fsp3) is 0.238. The Morgan fingerprint density at radius 1 is 1.10 bits per heavy atom. The highest BCUT2D eigenvalue weighted by Crippen LogP contribution is 2.31. The molecule has 3 aromatic heterocycles. The average Bonchev–Trinajstić information content (AvgIpc) is 3.35. The number of carbonyl (C=O) groups excluding carboxylic acids is 1. The maximum atomic E-state index is 13.3. The van der Waals surface area contributed by atoms with Gasteiger partial charge in [0.05, 0.1) is 22.5 Å². The molecule has 4 aromatic rings. The molecular formula is C21H19FN6OS. The van der Waals surface area contributed by atoms with Crippen LogP contribution in [0.3, 0.4) is 0 Å². The van der Waals surface area contributed by atoms with Crippen molar-refractivity contribution in [3.8, 4) is 5.69 Å². The third-order valence-corrected chi connectivity index (χ3v) is 6.37. The van der Waals surface area contributed by atoms with Gasteiger partial charge in [-0.3, -0.25) is 9.78 Å². The van der Waals surface area contributed by atoms with Gasteiger partial charge in [-0.1, -0.05) is 0 Å².